The van der Waals surface area contributed by atoms with Gasteiger partial charge in [-0.2, -0.15) is 0 Å². The Morgan fingerprint density at radius 2 is 1.73 bits per heavy atom. The predicted molar refractivity (Wildman–Crippen MR) is 123 cm³/mol. The molecule has 2 aliphatic heterocycles. The Labute approximate surface area is 181 Å². The summed E-state index contributed by atoms with van der Waals surface area (Å²) in [5.41, 5.74) is 7.99. The van der Waals surface area contributed by atoms with E-state index in [-0.39, 0.29) is 11.7 Å². The molecular weight excluding hydrogens is 372 g/mol. The summed E-state index contributed by atoms with van der Waals surface area (Å²) in [6.07, 6.45) is 1.98. The van der Waals surface area contributed by atoms with Gasteiger partial charge in [0.1, 0.15) is 24.1 Å². The summed E-state index contributed by atoms with van der Waals surface area (Å²) in [5.74, 6) is 3.74. The van der Waals surface area contributed by atoms with Gasteiger partial charge >= 0.3 is 0 Å². The molecule has 0 aromatic heterocycles. The average Bonchev–Trinajstić information content (AvgIpc) is 3.01. The lowest BCUT2D eigenvalue weighted by atomic mass is 9.82. The third-order valence-corrected chi connectivity index (χ3v) is 6.87. The minimum atomic E-state index is -0.121. The van der Waals surface area contributed by atoms with Gasteiger partial charge in [0.05, 0.1) is 0 Å². The number of fused-ring (bicyclic) bond motifs is 2. The second kappa shape index (κ2) is 7.51. The maximum atomic E-state index is 6.40. The summed E-state index contributed by atoms with van der Waals surface area (Å²) in [4.78, 5) is 0. The molecule has 3 nitrogen and oxygen atoms in total. The van der Waals surface area contributed by atoms with Crippen LogP contribution in [0.1, 0.15) is 86.3 Å². The van der Waals surface area contributed by atoms with Crippen LogP contribution in [0.2, 0.25) is 0 Å². The first-order valence-corrected chi connectivity index (χ1v) is 11.3. The first-order valence-electron chi connectivity index (χ1n) is 11.3. The molecule has 2 aromatic carbocycles. The van der Waals surface area contributed by atoms with Crippen LogP contribution < -0.4 is 14.2 Å². The SMILES string of the molecule is Cc1c(C)c(C(C)CC2COc3c(cccc3C(C)C)O2)c(C)c2c1OC(C)(C)C2. The maximum Gasteiger partial charge on any atom is 0.164 e. The van der Waals surface area contributed by atoms with Gasteiger partial charge in [-0.3, -0.25) is 0 Å². The number of hydrogen-bond donors (Lipinski definition) is 0. The maximum absolute atomic E-state index is 6.40. The van der Waals surface area contributed by atoms with Crippen molar-refractivity contribution in [3.05, 3.63) is 51.6 Å². The Morgan fingerprint density at radius 1 is 1.00 bits per heavy atom. The molecular formula is C27H36O3. The normalized spacial score (nSPS) is 20.1. The minimum absolute atomic E-state index is 0.0648. The standard InChI is InChI=1S/C27H36O3/c1-15(2)21-10-9-11-23-26(21)28-14-20(29-23)12-16(3)24-17(4)18(5)25-22(19(24)6)13-27(7,8)30-25/h9-11,15-16,20H,12-14H2,1-8H3. The van der Waals surface area contributed by atoms with E-state index in [1.165, 1.54) is 33.4 Å². The zero-order valence-corrected chi connectivity index (χ0v) is 19.8. The first-order chi connectivity index (χ1) is 14.1. The lowest BCUT2D eigenvalue weighted by Crippen LogP contribution is -2.31. The summed E-state index contributed by atoms with van der Waals surface area (Å²) in [6, 6.07) is 6.25. The lowest BCUT2D eigenvalue weighted by Gasteiger charge is -2.31. The fourth-order valence-electron chi connectivity index (χ4n) is 5.29. The van der Waals surface area contributed by atoms with Gasteiger partial charge in [0, 0.05) is 17.5 Å². The van der Waals surface area contributed by atoms with Crippen LogP contribution in [0.4, 0.5) is 0 Å². The van der Waals surface area contributed by atoms with Gasteiger partial charge in [-0.05, 0) is 81.2 Å². The van der Waals surface area contributed by atoms with Crippen molar-refractivity contribution in [3.8, 4) is 17.2 Å². The Morgan fingerprint density at radius 3 is 2.43 bits per heavy atom. The van der Waals surface area contributed by atoms with E-state index >= 15 is 0 Å². The molecule has 0 N–H and O–H groups in total. The van der Waals surface area contributed by atoms with E-state index in [0.717, 1.165) is 30.1 Å². The van der Waals surface area contributed by atoms with Gasteiger partial charge in [-0.15, -0.1) is 0 Å². The molecule has 0 saturated carbocycles. The summed E-state index contributed by atoms with van der Waals surface area (Å²) >= 11 is 0. The number of para-hydroxylation sites is 1. The minimum Gasteiger partial charge on any atom is -0.487 e. The third kappa shape index (κ3) is 3.57. The van der Waals surface area contributed by atoms with Crippen LogP contribution in [0.15, 0.2) is 18.2 Å². The molecule has 2 aromatic rings. The fourth-order valence-corrected chi connectivity index (χ4v) is 5.29. The van der Waals surface area contributed by atoms with Gasteiger partial charge in [-0.1, -0.05) is 32.9 Å². The van der Waals surface area contributed by atoms with E-state index in [4.69, 9.17) is 14.2 Å². The van der Waals surface area contributed by atoms with E-state index in [1.807, 2.05) is 6.07 Å². The smallest absolute Gasteiger partial charge is 0.164 e. The van der Waals surface area contributed by atoms with Crippen LogP contribution in [-0.4, -0.2) is 18.3 Å². The molecule has 4 rings (SSSR count). The fraction of sp³-hybridized carbons (Fsp3) is 0.556. The van der Waals surface area contributed by atoms with Crippen LogP contribution in [0.3, 0.4) is 0 Å². The van der Waals surface area contributed by atoms with Crippen LogP contribution in [0.25, 0.3) is 0 Å². The molecule has 0 aliphatic carbocycles. The van der Waals surface area contributed by atoms with Crippen molar-refractivity contribution in [2.75, 3.05) is 6.61 Å². The molecule has 2 heterocycles. The van der Waals surface area contributed by atoms with Crippen molar-refractivity contribution in [1.82, 2.24) is 0 Å². The number of ether oxygens (including phenoxy) is 3. The number of rotatable bonds is 4. The number of benzene rings is 2. The molecule has 2 unspecified atom stereocenters. The second-order valence-corrected chi connectivity index (χ2v) is 10.2. The van der Waals surface area contributed by atoms with Crippen molar-refractivity contribution in [2.24, 2.45) is 0 Å². The Hall–Kier alpha value is -2.16. The first kappa shape index (κ1) is 21.1. The largest absolute Gasteiger partial charge is 0.487 e. The summed E-state index contributed by atoms with van der Waals surface area (Å²) in [7, 11) is 0. The van der Waals surface area contributed by atoms with Crippen molar-refractivity contribution in [3.63, 3.8) is 0 Å². The quantitative estimate of drug-likeness (QED) is 0.558. The van der Waals surface area contributed by atoms with Gasteiger partial charge in [-0.25, -0.2) is 0 Å². The molecule has 0 bridgehead atoms. The zero-order chi connectivity index (χ0) is 21.8. The molecule has 162 valence electrons. The van der Waals surface area contributed by atoms with Crippen LogP contribution in [-0.2, 0) is 6.42 Å². The van der Waals surface area contributed by atoms with Crippen LogP contribution in [0.5, 0.6) is 17.2 Å². The molecule has 0 amide bonds. The molecule has 0 saturated heterocycles. The van der Waals surface area contributed by atoms with Gasteiger partial charge < -0.3 is 14.2 Å². The van der Waals surface area contributed by atoms with Crippen molar-refractivity contribution < 1.29 is 14.2 Å². The third-order valence-electron chi connectivity index (χ3n) is 6.87. The van der Waals surface area contributed by atoms with E-state index in [0.29, 0.717) is 18.4 Å². The van der Waals surface area contributed by atoms with Crippen molar-refractivity contribution >= 4 is 0 Å². The van der Waals surface area contributed by atoms with Crippen molar-refractivity contribution in [1.29, 1.82) is 0 Å². The van der Waals surface area contributed by atoms with Gasteiger partial charge in [0.2, 0.25) is 0 Å². The Kier molecular flexibility index (Phi) is 5.28. The highest BCUT2D eigenvalue weighted by molar-refractivity contribution is 5.58. The van der Waals surface area contributed by atoms with E-state index in [2.05, 4.69) is 67.5 Å². The molecule has 0 fully saturated rings. The molecule has 0 radical (unpaired) electrons. The van der Waals surface area contributed by atoms with E-state index in [1.54, 1.807) is 0 Å². The summed E-state index contributed by atoms with van der Waals surface area (Å²) in [5, 5.41) is 0. The van der Waals surface area contributed by atoms with E-state index < -0.39 is 0 Å². The Balaban J connectivity index is 1.58. The van der Waals surface area contributed by atoms with Gasteiger partial charge in [0.25, 0.3) is 0 Å². The Bertz CT molecular complexity index is 971. The lowest BCUT2D eigenvalue weighted by molar-refractivity contribution is 0.0793. The topological polar surface area (TPSA) is 27.7 Å². The second-order valence-electron chi connectivity index (χ2n) is 10.2. The molecule has 30 heavy (non-hydrogen) atoms. The van der Waals surface area contributed by atoms with Crippen LogP contribution in [0, 0.1) is 20.8 Å². The van der Waals surface area contributed by atoms with Gasteiger partial charge in [0.15, 0.2) is 11.5 Å². The predicted octanol–water partition coefficient (Wildman–Crippen LogP) is 6.78. The summed E-state index contributed by atoms with van der Waals surface area (Å²) < 4.78 is 18.9. The molecule has 3 heteroatoms. The monoisotopic (exact) mass is 408 g/mol. The molecule has 0 spiro atoms. The van der Waals surface area contributed by atoms with Crippen molar-refractivity contribution in [2.45, 2.75) is 91.8 Å². The highest BCUT2D eigenvalue weighted by atomic mass is 16.6. The molecule has 2 atom stereocenters. The number of hydrogen-bond acceptors (Lipinski definition) is 3. The average molecular weight is 409 g/mol. The van der Waals surface area contributed by atoms with E-state index in [9.17, 15) is 0 Å². The zero-order valence-electron chi connectivity index (χ0n) is 19.8. The van der Waals surface area contributed by atoms with Crippen LogP contribution >= 0.6 is 0 Å². The molecule has 2 aliphatic rings. The summed E-state index contributed by atoms with van der Waals surface area (Å²) in [6.45, 7) is 18.4. The highest BCUT2D eigenvalue weighted by Crippen LogP contribution is 2.45. The highest BCUT2D eigenvalue weighted by Gasteiger charge is 2.35.